The molecular weight excluding hydrogens is 305 g/mol. The Labute approximate surface area is 141 Å². The minimum Gasteiger partial charge on any atom is -0.358 e. The Hall–Kier alpha value is -1.88. The Morgan fingerprint density at radius 1 is 1.29 bits per heavy atom. The quantitative estimate of drug-likeness (QED) is 0.920. The topological polar surface area (TPSA) is 39.3 Å². The van der Waals surface area contributed by atoms with Crippen molar-refractivity contribution in [3.63, 3.8) is 0 Å². The fourth-order valence-electron chi connectivity index (χ4n) is 4.14. The number of hydrogen-bond donors (Lipinski definition) is 1. The van der Waals surface area contributed by atoms with Crippen molar-refractivity contribution in [1.82, 2.24) is 14.8 Å². The summed E-state index contributed by atoms with van der Waals surface area (Å²) >= 11 is 0. The predicted molar refractivity (Wildman–Crippen MR) is 92.5 cm³/mol. The van der Waals surface area contributed by atoms with E-state index in [1.54, 1.807) is 12.1 Å². The second-order valence-electron chi connectivity index (χ2n) is 6.97. The highest BCUT2D eigenvalue weighted by molar-refractivity contribution is 5.87. The number of aryl methyl sites for hydroxylation is 1. The van der Waals surface area contributed by atoms with Crippen molar-refractivity contribution < 1.29 is 9.18 Å². The number of hydrogen-bond acceptors (Lipinski definition) is 2. The minimum absolute atomic E-state index is 0.0351. The van der Waals surface area contributed by atoms with Crippen LogP contribution in [-0.4, -0.2) is 53.4 Å². The number of carbonyl (C=O) groups is 1. The van der Waals surface area contributed by atoms with E-state index >= 15 is 0 Å². The van der Waals surface area contributed by atoms with E-state index in [0.717, 1.165) is 68.5 Å². The zero-order valence-electron chi connectivity index (χ0n) is 14.1. The summed E-state index contributed by atoms with van der Waals surface area (Å²) in [7, 11) is 0. The van der Waals surface area contributed by atoms with Crippen molar-refractivity contribution in [2.24, 2.45) is 5.92 Å². The molecule has 0 spiro atoms. The van der Waals surface area contributed by atoms with Gasteiger partial charge in [0.15, 0.2) is 0 Å². The van der Waals surface area contributed by atoms with Crippen LogP contribution in [0.4, 0.5) is 4.39 Å². The first-order valence-corrected chi connectivity index (χ1v) is 8.96. The average molecular weight is 329 g/mol. The number of amides is 1. The fraction of sp³-hybridized carbons (Fsp3) is 0.526. The maximum absolute atomic E-state index is 13.6. The van der Waals surface area contributed by atoms with Gasteiger partial charge >= 0.3 is 0 Å². The van der Waals surface area contributed by atoms with Crippen LogP contribution < -0.4 is 0 Å². The number of carbonyl (C=O) groups excluding carboxylic acids is 1. The van der Waals surface area contributed by atoms with Crippen LogP contribution in [0.1, 0.15) is 24.6 Å². The number of benzene rings is 1. The molecule has 1 aromatic carbocycles. The number of H-pyrrole nitrogens is 1. The number of piperazine rings is 1. The van der Waals surface area contributed by atoms with E-state index in [2.05, 4.69) is 16.8 Å². The van der Waals surface area contributed by atoms with E-state index in [9.17, 15) is 9.18 Å². The van der Waals surface area contributed by atoms with E-state index in [0.29, 0.717) is 0 Å². The van der Waals surface area contributed by atoms with Gasteiger partial charge in [0, 0.05) is 48.7 Å². The monoisotopic (exact) mass is 329 g/mol. The molecule has 2 aromatic rings. The van der Waals surface area contributed by atoms with E-state index in [4.69, 9.17) is 0 Å². The maximum Gasteiger partial charge on any atom is 0.226 e. The number of aromatic amines is 1. The molecular formula is C19H24FN3O. The van der Waals surface area contributed by atoms with Crippen LogP contribution in [0, 0.1) is 11.7 Å². The first kappa shape index (κ1) is 15.6. The van der Waals surface area contributed by atoms with Gasteiger partial charge in [0.25, 0.3) is 0 Å². The van der Waals surface area contributed by atoms with Crippen LogP contribution in [0.25, 0.3) is 10.9 Å². The molecule has 0 radical (unpaired) electrons. The lowest BCUT2D eigenvalue weighted by molar-refractivity contribution is -0.137. The van der Waals surface area contributed by atoms with Crippen molar-refractivity contribution in [3.05, 3.63) is 35.3 Å². The third kappa shape index (κ3) is 2.71. The molecule has 1 aliphatic heterocycles. The zero-order valence-corrected chi connectivity index (χ0v) is 14.1. The maximum atomic E-state index is 13.6. The second-order valence-corrected chi connectivity index (χ2v) is 6.97. The van der Waals surface area contributed by atoms with Gasteiger partial charge in [0.1, 0.15) is 5.82 Å². The molecule has 1 fully saturated rings. The number of rotatable bonds is 2. The van der Waals surface area contributed by atoms with E-state index in [1.165, 1.54) is 11.8 Å². The molecule has 1 aromatic heterocycles. The van der Waals surface area contributed by atoms with E-state index in [1.807, 2.05) is 4.90 Å². The molecule has 24 heavy (non-hydrogen) atoms. The van der Waals surface area contributed by atoms with Crippen molar-refractivity contribution >= 4 is 16.8 Å². The summed E-state index contributed by atoms with van der Waals surface area (Å²) in [6, 6.07) is 4.88. The lowest BCUT2D eigenvalue weighted by atomic mass is 9.85. The van der Waals surface area contributed by atoms with Gasteiger partial charge in [-0.1, -0.05) is 6.92 Å². The Morgan fingerprint density at radius 2 is 2.08 bits per heavy atom. The van der Waals surface area contributed by atoms with Crippen LogP contribution in [0.2, 0.25) is 0 Å². The van der Waals surface area contributed by atoms with Crippen molar-refractivity contribution in [2.45, 2.75) is 26.2 Å². The van der Waals surface area contributed by atoms with Gasteiger partial charge in [0.05, 0.1) is 0 Å². The Balaban J connectivity index is 1.52. The van der Waals surface area contributed by atoms with Gasteiger partial charge in [0.2, 0.25) is 5.91 Å². The summed E-state index contributed by atoms with van der Waals surface area (Å²) in [5, 5.41) is 0.943. The largest absolute Gasteiger partial charge is 0.358 e. The highest BCUT2D eigenvalue weighted by Gasteiger charge is 2.31. The van der Waals surface area contributed by atoms with E-state index in [-0.39, 0.29) is 17.6 Å². The molecule has 128 valence electrons. The number of halogens is 1. The molecule has 1 unspecified atom stereocenters. The summed E-state index contributed by atoms with van der Waals surface area (Å²) in [4.78, 5) is 20.7. The van der Waals surface area contributed by atoms with Gasteiger partial charge in [-0.25, -0.2) is 4.39 Å². The molecule has 0 bridgehead atoms. The number of fused-ring (bicyclic) bond motifs is 3. The number of nitrogens with zero attached hydrogens (tertiary/aromatic N) is 2. The number of likely N-dealkylation sites (N-methyl/N-ethyl adjacent to an activating group) is 1. The van der Waals surface area contributed by atoms with Gasteiger partial charge < -0.3 is 14.8 Å². The first-order chi connectivity index (χ1) is 11.7. The van der Waals surface area contributed by atoms with Crippen LogP contribution in [0.15, 0.2) is 18.2 Å². The average Bonchev–Trinajstić information content (AvgIpc) is 2.98. The molecule has 1 amide bonds. The third-order valence-corrected chi connectivity index (χ3v) is 5.63. The minimum atomic E-state index is -0.214. The van der Waals surface area contributed by atoms with Crippen LogP contribution in [-0.2, 0) is 17.6 Å². The molecule has 2 aliphatic rings. The van der Waals surface area contributed by atoms with E-state index < -0.39 is 0 Å². The summed E-state index contributed by atoms with van der Waals surface area (Å²) in [5.41, 5.74) is 3.29. The molecule has 4 nitrogen and oxygen atoms in total. The summed E-state index contributed by atoms with van der Waals surface area (Å²) in [5.74, 6) is 0.100. The van der Waals surface area contributed by atoms with Gasteiger partial charge in [-0.2, -0.15) is 0 Å². The van der Waals surface area contributed by atoms with Crippen molar-refractivity contribution in [2.75, 3.05) is 32.7 Å². The van der Waals surface area contributed by atoms with Crippen LogP contribution >= 0.6 is 0 Å². The van der Waals surface area contributed by atoms with Crippen LogP contribution in [0.3, 0.4) is 0 Å². The highest BCUT2D eigenvalue weighted by Crippen LogP contribution is 2.33. The summed E-state index contributed by atoms with van der Waals surface area (Å²) in [6.45, 7) is 6.82. The molecule has 4 rings (SSSR count). The third-order valence-electron chi connectivity index (χ3n) is 5.63. The second kappa shape index (κ2) is 6.20. The SMILES string of the molecule is CCN1CCN(C(=O)C2CCc3[nH]c4ccc(F)cc4c3C2)CC1. The number of nitrogens with one attached hydrogen (secondary N) is 1. The van der Waals surface area contributed by atoms with Gasteiger partial charge in [-0.3, -0.25) is 4.79 Å². The Morgan fingerprint density at radius 3 is 2.83 bits per heavy atom. The summed E-state index contributed by atoms with van der Waals surface area (Å²) < 4.78 is 13.6. The molecule has 1 atom stereocenters. The van der Waals surface area contributed by atoms with Gasteiger partial charge in [-0.15, -0.1) is 0 Å². The number of aromatic nitrogens is 1. The molecule has 1 N–H and O–H groups in total. The molecule has 0 saturated carbocycles. The zero-order chi connectivity index (χ0) is 16.7. The lowest BCUT2D eigenvalue weighted by Gasteiger charge is -2.36. The molecule has 2 heterocycles. The first-order valence-electron chi connectivity index (χ1n) is 8.96. The molecule has 1 saturated heterocycles. The molecule has 5 heteroatoms. The normalized spacial score (nSPS) is 21.9. The Kier molecular flexibility index (Phi) is 4.04. The predicted octanol–water partition coefficient (Wildman–Crippen LogP) is 2.58. The fourth-order valence-corrected chi connectivity index (χ4v) is 4.14. The molecule has 1 aliphatic carbocycles. The van der Waals surface area contributed by atoms with Gasteiger partial charge in [-0.05, 0) is 49.6 Å². The Bertz CT molecular complexity index is 761. The standard InChI is InChI=1S/C19H24FN3O/c1-2-22-7-9-23(10-8-22)19(24)13-3-5-17-15(11-13)16-12-14(20)4-6-18(16)21-17/h4,6,12-13,21H,2-3,5,7-11H2,1H3. The van der Waals surface area contributed by atoms with Crippen molar-refractivity contribution in [1.29, 1.82) is 0 Å². The lowest BCUT2D eigenvalue weighted by Crippen LogP contribution is -2.50. The van der Waals surface area contributed by atoms with Crippen molar-refractivity contribution in [3.8, 4) is 0 Å². The highest BCUT2D eigenvalue weighted by atomic mass is 19.1. The smallest absolute Gasteiger partial charge is 0.226 e. The summed E-state index contributed by atoms with van der Waals surface area (Å²) in [6.07, 6.45) is 2.48. The van der Waals surface area contributed by atoms with Crippen LogP contribution in [0.5, 0.6) is 0 Å².